The molecule has 0 atom stereocenters. The lowest BCUT2D eigenvalue weighted by Gasteiger charge is -2.05. The van der Waals surface area contributed by atoms with E-state index in [0.29, 0.717) is 12.2 Å². The van der Waals surface area contributed by atoms with E-state index in [4.69, 9.17) is 0 Å². The average Bonchev–Trinajstić information content (AvgIpc) is 2.85. The maximum absolute atomic E-state index is 13.3. The third-order valence-electron chi connectivity index (χ3n) is 2.29. The molecular weight excluding hydrogens is 242 g/mol. The molecule has 0 aliphatic rings. The second-order valence-corrected chi connectivity index (χ2v) is 3.56. The predicted octanol–water partition coefficient (Wildman–Crippen LogP) is 1.06. The molecule has 2 rings (SSSR count). The van der Waals surface area contributed by atoms with Crippen molar-refractivity contribution >= 4 is 5.91 Å². The standard InChI is InChI=1S/C11H10F2N4O/c12-7-1-2-9(13)8(5-7)11(18)14-4-3-10-15-6-16-17-10/h1-2,5-6H,3-4H2,(H,14,18)(H,15,16,17). The lowest BCUT2D eigenvalue weighted by Crippen LogP contribution is -2.27. The summed E-state index contributed by atoms with van der Waals surface area (Å²) in [5, 5.41) is 8.74. The van der Waals surface area contributed by atoms with E-state index in [9.17, 15) is 13.6 Å². The molecular formula is C11H10F2N4O. The number of rotatable bonds is 4. The van der Waals surface area contributed by atoms with Crippen LogP contribution in [-0.2, 0) is 6.42 Å². The monoisotopic (exact) mass is 252 g/mol. The number of aromatic amines is 1. The molecule has 7 heteroatoms. The number of amides is 1. The van der Waals surface area contributed by atoms with Gasteiger partial charge in [-0.1, -0.05) is 0 Å². The molecule has 0 bridgehead atoms. The van der Waals surface area contributed by atoms with E-state index in [0.717, 1.165) is 18.2 Å². The summed E-state index contributed by atoms with van der Waals surface area (Å²) in [6.45, 7) is 0.254. The second-order valence-electron chi connectivity index (χ2n) is 3.56. The number of nitrogens with one attached hydrogen (secondary N) is 2. The minimum Gasteiger partial charge on any atom is -0.351 e. The Kier molecular flexibility index (Phi) is 3.61. The van der Waals surface area contributed by atoms with Gasteiger partial charge < -0.3 is 5.32 Å². The summed E-state index contributed by atoms with van der Waals surface area (Å²) in [7, 11) is 0. The smallest absolute Gasteiger partial charge is 0.254 e. The molecule has 1 aromatic heterocycles. The zero-order chi connectivity index (χ0) is 13.0. The number of benzene rings is 1. The molecule has 0 radical (unpaired) electrons. The van der Waals surface area contributed by atoms with Crippen molar-refractivity contribution in [2.75, 3.05) is 6.54 Å². The number of H-pyrrole nitrogens is 1. The molecule has 18 heavy (non-hydrogen) atoms. The molecule has 0 spiro atoms. The van der Waals surface area contributed by atoms with Gasteiger partial charge in [0.1, 0.15) is 23.8 Å². The van der Waals surface area contributed by atoms with Crippen LogP contribution < -0.4 is 5.32 Å². The topological polar surface area (TPSA) is 70.7 Å². The van der Waals surface area contributed by atoms with E-state index in [-0.39, 0.29) is 12.1 Å². The van der Waals surface area contributed by atoms with Crippen molar-refractivity contribution in [3.05, 3.63) is 47.5 Å². The number of nitrogens with zero attached hydrogens (tertiary/aromatic N) is 2. The third kappa shape index (κ3) is 2.88. The highest BCUT2D eigenvalue weighted by Gasteiger charge is 2.12. The Labute approximate surface area is 101 Å². The fraction of sp³-hybridized carbons (Fsp3) is 0.182. The summed E-state index contributed by atoms with van der Waals surface area (Å²) < 4.78 is 26.1. The molecule has 0 unspecified atom stereocenters. The average molecular weight is 252 g/mol. The quantitative estimate of drug-likeness (QED) is 0.854. The van der Waals surface area contributed by atoms with Gasteiger partial charge in [0, 0.05) is 13.0 Å². The summed E-state index contributed by atoms with van der Waals surface area (Å²) >= 11 is 0. The van der Waals surface area contributed by atoms with Crippen LogP contribution in [0.3, 0.4) is 0 Å². The van der Waals surface area contributed by atoms with Gasteiger partial charge in [-0.3, -0.25) is 9.89 Å². The molecule has 0 aliphatic carbocycles. The summed E-state index contributed by atoms with van der Waals surface area (Å²) in [6, 6.07) is 2.74. The van der Waals surface area contributed by atoms with Crippen molar-refractivity contribution in [2.45, 2.75) is 6.42 Å². The minimum atomic E-state index is -0.756. The van der Waals surface area contributed by atoms with Gasteiger partial charge in [0.15, 0.2) is 0 Å². The lowest BCUT2D eigenvalue weighted by molar-refractivity contribution is 0.0949. The highest BCUT2D eigenvalue weighted by atomic mass is 19.1. The number of aromatic nitrogens is 3. The number of hydrogen-bond donors (Lipinski definition) is 2. The van der Waals surface area contributed by atoms with Crippen molar-refractivity contribution in [1.29, 1.82) is 0 Å². The van der Waals surface area contributed by atoms with Crippen molar-refractivity contribution in [1.82, 2.24) is 20.5 Å². The summed E-state index contributed by atoms with van der Waals surface area (Å²) in [5.74, 6) is -1.47. The lowest BCUT2D eigenvalue weighted by atomic mass is 10.2. The summed E-state index contributed by atoms with van der Waals surface area (Å²) in [4.78, 5) is 15.4. The van der Waals surface area contributed by atoms with E-state index in [1.807, 2.05) is 0 Å². The summed E-state index contributed by atoms with van der Waals surface area (Å²) in [5.41, 5.74) is -0.312. The van der Waals surface area contributed by atoms with Crippen LogP contribution in [0.5, 0.6) is 0 Å². The summed E-state index contributed by atoms with van der Waals surface area (Å²) in [6.07, 6.45) is 1.78. The second kappa shape index (κ2) is 5.35. The minimum absolute atomic E-state index is 0.254. The van der Waals surface area contributed by atoms with Crippen LogP contribution in [0.4, 0.5) is 8.78 Å². The first-order chi connectivity index (χ1) is 8.66. The Morgan fingerprint density at radius 2 is 2.22 bits per heavy atom. The van der Waals surface area contributed by atoms with Gasteiger partial charge >= 0.3 is 0 Å². The first kappa shape index (κ1) is 12.2. The fourth-order valence-electron chi connectivity index (χ4n) is 1.41. The van der Waals surface area contributed by atoms with Crippen LogP contribution in [-0.4, -0.2) is 27.6 Å². The Morgan fingerprint density at radius 1 is 1.39 bits per heavy atom. The number of carbonyl (C=O) groups excluding carboxylic acids is 1. The first-order valence-corrected chi connectivity index (χ1v) is 5.24. The normalized spacial score (nSPS) is 10.3. The zero-order valence-electron chi connectivity index (χ0n) is 9.28. The Balaban J connectivity index is 1.93. The molecule has 0 saturated heterocycles. The number of hydrogen-bond acceptors (Lipinski definition) is 3. The number of halogens is 2. The molecule has 1 aromatic carbocycles. The maximum Gasteiger partial charge on any atom is 0.254 e. The van der Waals surface area contributed by atoms with Crippen molar-refractivity contribution in [2.24, 2.45) is 0 Å². The predicted molar refractivity (Wildman–Crippen MR) is 58.8 cm³/mol. The van der Waals surface area contributed by atoms with Gasteiger partial charge in [0.05, 0.1) is 5.56 Å². The van der Waals surface area contributed by atoms with Gasteiger partial charge in [-0.05, 0) is 18.2 Å². The highest BCUT2D eigenvalue weighted by molar-refractivity contribution is 5.94. The van der Waals surface area contributed by atoms with Gasteiger partial charge in [-0.15, -0.1) is 0 Å². The van der Waals surface area contributed by atoms with E-state index in [1.165, 1.54) is 6.33 Å². The molecule has 0 fully saturated rings. The van der Waals surface area contributed by atoms with E-state index in [2.05, 4.69) is 20.5 Å². The van der Waals surface area contributed by atoms with E-state index >= 15 is 0 Å². The van der Waals surface area contributed by atoms with Crippen LogP contribution in [0.1, 0.15) is 16.2 Å². The molecule has 2 aromatic rings. The first-order valence-electron chi connectivity index (χ1n) is 5.24. The van der Waals surface area contributed by atoms with Gasteiger partial charge in [-0.25, -0.2) is 13.8 Å². The molecule has 1 heterocycles. The van der Waals surface area contributed by atoms with Crippen molar-refractivity contribution in [3.8, 4) is 0 Å². The molecule has 2 N–H and O–H groups in total. The SMILES string of the molecule is O=C(NCCc1ncn[nH]1)c1cc(F)ccc1F. The third-order valence-corrected chi connectivity index (χ3v) is 2.29. The largest absolute Gasteiger partial charge is 0.351 e. The van der Waals surface area contributed by atoms with Crippen LogP contribution in [0.25, 0.3) is 0 Å². The molecule has 0 aliphatic heterocycles. The van der Waals surface area contributed by atoms with Crippen LogP contribution in [0, 0.1) is 11.6 Å². The fourth-order valence-corrected chi connectivity index (χ4v) is 1.41. The van der Waals surface area contributed by atoms with Crippen molar-refractivity contribution in [3.63, 3.8) is 0 Å². The van der Waals surface area contributed by atoms with E-state index < -0.39 is 17.5 Å². The van der Waals surface area contributed by atoms with Crippen LogP contribution in [0.2, 0.25) is 0 Å². The van der Waals surface area contributed by atoms with Gasteiger partial charge in [0.2, 0.25) is 0 Å². The zero-order valence-corrected chi connectivity index (χ0v) is 9.28. The van der Waals surface area contributed by atoms with Gasteiger partial charge in [0.25, 0.3) is 5.91 Å². The van der Waals surface area contributed by atoms with Crippen molar-refractivity contribution < 1.29 is 13.6 Å². The molecule has 5 nitrogen and oxygen atoms in total. The highest BCUT2D eigenvalue weighted by Crippen LogP contribution is 2.09. The molecule has 1 amide bonds. The maximum atomic E-state index is 13.3. The van der Waals surface area contributed by atoms with Crippen LogP contribution in [0.15, 0.2) is 24.5 Å². The molecule has 0 saturated carbocycles. The Hall–Kier alpha value is -2.31. The number of carbonyl (C=O) groups is 1. The van der Waals surface area contributed by atoms with Gasteiger partial charge in [-0.2, -0.15) is 5.10 Å². The Morgan fingerprint density at radius 3 is 2.94 bits per heavy atom. The van der Waals surface area contributed by atoms with Crippen LogP contribution >= 0.6 is 0 Å². The van der Waals surface area contributed by atoms with E-state index in [1.54, 1.807) is 0 Å². The Bertz CT molecular complexity index is 542. The molecule has 94 valence electrons.